The van der Waals surface area contributed by atoms with Gasteiger partial charge in [0, 0.05) is 31.6 Å². The number of aryl methyl sites for hydroxylation is 1. The summed E-state index contributed by atoms with van der Waals surface area (Å²) in [5.74, 6) is 2.44. The molecule has 0 saturated carbocycles. The Balaban J connectivity index is 1.30. The van der Waals surface area contributed by atoms with Crippen LogP contribution in [0.25, 0.3) is 5.69 Å². The first kappa shape index (κ1) is 19.2. The van der Waals surface area contributed by atoms with E-state index < -0.39 is 0 Å². The van der Waals surface area contributed by atoms with E-state index in [1.54, 1.807) is 13.4 Å². The van der Waals surface area contributed by atoms with Crippen LogP contribution in [0.2, 0.25) is 0 Å². The standard InChI is InChI=1S/C23H26N4O2/c1-29-21-10-7-18(8-11-21)9-12-23(28)26-14-13-19(16-26)15-22-25-24-17-27(22)20-5-3-2-4-6-20/h2-8,10-11,17,19H,9,12-16H2,1H3. The van der Waals surface area contributed by atoms with Crippen molar-refractivity contribution >= 4 is 5.91 Å². The lowest BCUT2D eigenvalue weighted by Crippen LogP contribution is -2.29. The van der Waals surface area contributed by atoms with Gasteiger partial charge in [-0.1, -0.05) is 30.3 Å². The molecule has 4 rings (SSSR count). The van der Waals surface area contributed by atoms with Gasteiger partial charge < -0.3 is 9.64 Å². The maximum absolute atomic E-state index is 12.6. The van der Waals surface area contributed by atoms with Crippen LogP contribution in [0.4, 0.5) is 0 Å². The van der Waals surface area contributed by atoms with Gasteiger partial charge in [0.1, 0.15) is 17.9 Å². The van der Waals surface area contributed by atoms with Gasteiger partial charge in [0.05, 0.1) is 7.11 Å². The molecule has 1 unspecified atom stereocenters. The van der Waals surface area contributed by atoms with Gasteiger partial charge in [-0.15, -0.1) is 10.2 Å². The molecule has 1 fully saturated rings. The number of aromatic nitrogens is 3. The summed E-state index contributed by atoms with van der Waals surface area (Å²) in [5.41, 5.74) is 2.23. The lowest BCUT2D eigenvalue weighted by atomic mass is 10.0. The van der Waals surface area contributed by atoms with Crippen molar-refractivity contribution in [2.75, 3.05) is 20.2 Å². The fourth-order valence-corrected chi connectivity index (χ4v) is 3.89. The number of carbonyl (C=O) groups excluding carboxylic acids is 1. The molecule has 1 aliphatic rings. The number of rotatable bonds is 7. The molecule has 1 aromatic heterocycles. The number of amides is 1. The molecule has 2 heterocycles. The summed E-state index contributed by atoms with van der Waals surface area (Å²) in [4.78, 5) is 14.6. The number of nitrogens with zero attached hydrogens (tertiary/aromatic N) is 4. The second-order valence-corrected chi connectivity index (χ2v) is 7.50. The van der Waals surface area contributed by atoms with Crippen LogP contribution in [0.15, 0.2) is 60.9 Å². The number of carbonyl (C=O) groups is 1. The van der Waals surface area contributed by atoms with E-state index in [4.69, 9.17) is 4.74 Å². The van der Waals surface area contributed by atoms with Gasteiger partial charge in [0.2, 0.25) is 5.91 Å². The van der Waals surface area contributed by atoms with Gasteiger partial charge in [-0.3, -0.25) is 9.36 Å². The van der Waals surface area contributed by atoms with Crippen molar-refractivity contribution in [2.45, 2.75) is 25.7 Å². The summed E-state index contributed by atoms with van der Waals surface area (Å²) in [5, 5.41) is 8.41. The Labute approximate surface area is 171 Å². The lowest BCUT2D eigenvalue weighted by molar-refractivity contribution is -0.130. The zero-order valence-electron chi connectivity index (χ0n) is 16.7. The fourth-order valence-electron chi connectivity index (χ4n) is 3.89. The molecule has 29 heavy (non-hydrogen) atoms. The lowest BCUT2D eigenvalue weighted by Gasteiger charge is -2.17. The Morgan fingerprint density at radius 3 is 2.69 bits per heavy atom. The predicted molar refractivity (Wildman–Crippen MR) is 111 cm³/mol. The summed E-state index contributed by atoms with van der Waals surface area (Å²) in [6, 6.07) is 18.1. The second kappa shape index (κ2) is 8.90. The van der Waals surface area contributed by atoms with Crippen molar-refractivity contribution in [2.24, 2.45) is 5.92 Å². The Hall–Kier alpha value is -3.15. The molecular weight excluding hydrogens is 364 g/mol. The first-order chi connectivity index (χ1) is 14.2. The third-order valence-corrected chi connectivity index (χ3v) is 5.55. The average Bonchev–Trinajstić information content (AvgIpc) is 3.43. The molecule has 1 amide bonds. The van der Waals surface area contributed by atoms with Crippen molar-refractivity contribution < 1.29 is 9.53 Å². The fraction of sp³-hybridized carbons (Fsp3) is 0.348. The number of hydrogen-bond acceptors (Lipinski definition) is 4. The number of methoxy groups -OCH3 is 1. The van der Waals surface area contributed by atoms with Crippen molar-refractivity contribution in [3.05, 3.63) is 72.3 Å². The third kappa shape index (κ3) is 4.65. The Morgan fingerprint density at radius 1 is 1.14 bits per heavy atom. The smallest absolute Gasteiger partial charge is 0.222 e. The Bertz CT molecular complexity index is 937. The quantitative estimate of drug-likeness (QED) is 0.621. The molecule has 0 spiro atoms. The van der Waals surface area contributed by atoms with Crippen LogP contribution in [0.3, 0.4) is 0 Å². The highest BCUT2D eigenvalue weighted by Gasteiger charge is 2.27. The molecule has 0 bridgehead atoms. The second-order valence-electron chi connectivity index (χ2n) is 7.50. The van der Waals surface area contributed by atoms with E-state index in [1.807, 2.05) is 51.9 Å². The summed E-state index contributed by atoms with van der Waals surface area (Å²) in [6.07, 6.45) is 4.90. The largest absolute Gasteiger partial charge is 0.497 e. The first-order valence-corrected chi connectivity index (χ1v) is 10.1. The van der Waals surface area contributed by atoms with Crippen LogP contribution in [0.1, 0.15) is 24.2 Å². The zero-order valence-corrected chi connectivity index (χ0v) is 16.7. The van der Waals surface area contributed by atoms with E-state index >= 15 is 0 Å². The van der Waals surface area contributed by atoms with Crippen LogP contribution in [-0.2, 0) is 17.6 Å². The molecule has 6 nitrogen and oxygen atoms in total. The minimum Gasteiger partial charge on any atom is -0.497 e. The molecule has 1 saturated heterocycles. The van der Waals surface area contributed by atoms with Crippen molar-refractivity contribution in [3.63, 3.8) is 0 Å². The van der Waals surface area contributed by atoms with Gasteiger partial charge >= 0.3 is 0 Å². The highest BCUT2D eigenvalue weighted by Crippen LogP contribution is 2.22. The maximum Gasteiger partial charge on any atom is 0.222 e. The predicted octanol–water partition coefficient (Wildman–Crippen LogP) is 3.30. The van der Waals surface area contributed by atoms with Crippen LogP contribution < -0.4 is 4.74 Å². The third-order valence-electron chi connectivity index (χ3n) is 5.55. The number of para-hydroxylation sites is 1. The molecule has 0 N–H and O–H groups in total. The van der Waals surface area contributed by atoms with Crippen molar-refractivity contribution in [1.29, 1.82) is 0 Å². The molecule has 150 valence electrons. The van der Waals surface area contributed by atoms with E-state index in [2.05, 4.69) is 22.3 Å². The Kier molecular flexibility index (Phi) is 5.89. The maximum atomic E-state index is 12.6. The molecule has 0 aliphatic carbocycles. The minimum absolute atomic E-state index is 0.229. The van der Waals surface area contributed by atoms with Crippen molar-refractivity contribution in [1.82, 2.24) is 19.7 Å². The molecule has 3 aromatic rings. The van der Waals surface area contributed by atoms with E-state index in [0.717, 1.165) is 55.2 Å². The van der Waals surface area contributed by atoms with E-state index in [-0.39, 0.29) is 5.91 Å². The highest BCUT2D eigenvalue weighted by molar-refractivity contribution is 5.76. The number of ether oxygens (including phenoxy) is 1. The van der Waals surface area contributed by atoms with Crippen LogP contribution in [-0.4, -0.2) is 45.8 Å². The minimum atomic E-state index is 0.229. The topological polar surface area (TPSA) is 60.2 Å². The molecule has 2 aromatic carbocycles. The number of benzene rings is 2. The summed E-state index contributed by atoms with van der Waals surface area (Å²) in [6.45, 7) is 1.62. The Morgan fingerprint density at radius 2 is 1.93 bits per heavy atom. The zero-order chi connectivity index (χ0) is 20.1. The SMILES string of the molecule is COc1ccc(CCC(=O)N2CCC(Cc3nncn3-c3ccccc3)C2)cc1. The highest BCUT2D eigenvalue weighted by atomic mass is 16.5. The monoisotopic (exact) mass is 390 g/mol. The van der Waals surface area contributed by atoms with E-state index in [0.29, 0.717) is 12.3 Å². The first-order valence-electron chi connectivity index (χ1n) is 10.1. The van der Waals surface area contributed by atoms with E-state index in [1.165, 1.54) is 0 Å². The van der Waals surface area contributed by atoms with Crippen LogP contribution in [0, 0.1) is 5.92 Å². The number of likely N-dealkylation sites (tertiary alicyclic amines) is 1. The normalized spacial score (nSPS) is 16.2. The molecule has 0 radical (unpaired) electrons. The van der Waals surface area contributed by atoms with Crippen LogP contribution >= 0.6 is 0 Å². The summed E-state index contributed by atoms with van der Waals surface area (Å²) >= 11 is 0. The molecule has 1 aliphatic heterocycles. The summed E-state index contributed by atoms with van der Waals surface area (Å²) in [7, 11) is 1.66. The molecule has 1 atom stereocenters. The van der Waals surface area contributed by atoms with E-state index in [9.17, 15) is 4.79 Å². The summed E-state index contributed by atoms with van der Waals surface area (Å²) < 4.78 is 7.22. The van der Waals surface area contributed by atoms with Crippen molar-refractivity contribution in [3.8, 4) is 11.4 Å². The van der Waals surface area contributed by atoms with Gasteiger partial charge in [0.15, 0.2) is 0 Å². The van der Waals surface area contributed by atoms with Gasteiger partial charge in [-0.2, -0.15) is 0 Å². The van der Waals surface area contributed by atoms with Gasteiger partial charge in [0.25, 0.3) is 0 Å². The van der Waals surface area contributed by atoms with Crippen LogP contribution in [0.5, 0.6) is 5.75 Å². The average molecular weight is 390 g/mol. The van der Waals surface area contributed by atoms with Gasteiger partial charge in [-0.25, -0.2) is 0 Å². The molecule has 6 heteroatoms. The number of hydrogen-bond donors (Lipinski definition) is 0. The van der Waals surface area contributed by atoms with Gasteiger partial charge in [-0.05, 0) is 48.6 Å². The molecular formula is C23H26N4O2.